The number of aliphatic hydroxyl groups is 1. The predicted octanol–water partition coefficient (Wildman–Crippen LogP) is 2.46. The van der Waals surface area contributed by atoms with E-state index in [9.17, 15) is 5.11 Å². The van der Waals surface area contributed by atoms with Crippen molar-refractivity contribution in [3.63, 3.8) is 0 Å². The first-order valence-corrected chi connectivity index (χ1v) is 5.66. The van der Waals surface area contributed by atoms with Crippen molar-refractivity contribution in [1.82, 2.24) is 0 Å². The number of hydrogen-bond donors (Lipinski definition) is 2. The van der Waals surface area contributed by atoms with Gasteiger partial charge in [-0.1, -0.05) is 59.7 Å². The normalized spacial score (nSPS) is 11.5. The van der Waals surface area contributed by atoms with Gasteiger partial charge in [-0.05, 0) is 13.8 Å². The highest BCUT2D eigenvalue weighted by molar-refractivity contribution is 5.36. The molecule has 2 heteroatoms. The van der Waals surface area contributed by atoms with Crippen LogP contribution in [0.3, 0.4) is 0 Å². The summed E-state index contributed by atoms with van der Waals surface area (Å²) in [6.07, 6.45) is 0. The van der Waals surface area contributed by atoms with Crippen molar-refractivity contribution in [2.75, 3.05) is 0 Å². The van der Waals surface area contributed by atoms with Crippen molar-refractivity contribution < 1.29 is 5.11 Å². The highest BCUT2D eigenvalue weighted by atomic mass is 16.3. The lowest BCUT2D eigenvalue weighted by Gasteiger charge is -2.24. The Kier molecular flexibility index (Phi) is 3.01. The summed E-state index contributed by atoms with van der Waals surface area (Å²) in [4.78, 5) is 0. The van der Waals surface area contributed by atoms with Gasteiger partial charge in [-0.2, -0.15) is 0 Å². The summed E-state index contributed by atoms with van der Waals surface area (Å²) in [5.41, 5.74) is 8.28. The second-order valence-electron chi connectivity index (χ2n) is 4.50. The molecule has 0 amide bonds. The minimum Gasteiger partial charge on any atom is -0.368 e. The number of rotatable bonds is 2. The molecule has 0 aliphatic heterocycles. The molecule has 0 bridgehead atoms. The lowest BCUT2D eigenvalue weighted by Crippen LogP contribution is -2.37. The third-order valence-electron chi connectivity index (χ3n) is 2.98. The smallest absolute Gasteiger partial charge is 0.166 e. The molecule has 2 rings (SSSR count). The fraction of sp³-hybridized carbons (Fsp3) is 0.200. The van der Waals surface area contributed by atoms with Gasteiger partial charge in [0.05, 0.1) is 0 Å². The Hall–Kier alpha value is -1.64. The van der Waals surface area contributed by atoms with E-state index in [-0.39, 0.29) is 0 Å². The molecule has 2 aromatic rings. The average molecular weight is 227 g/mol. The summed E-state index contributed by atoms with van der Waals surface area (Å²) in [5.74, 6) is 0. The topological polar surface area (TPSA) is 46.2 Å². The van der Waals surface area contributed by atoms with Gasteiger partial charge < -0.3 is 5.11 Å². The third kappa shape index (κ3) is 2.38. The van der Waals surface area contributed by atoms with Crippen LogP contribution in [0.1, 0.15) is 22.3 Å². The molecule has 0 aliphatic rings. The van der Waals surface area contributed by atoms with E-state index in [1.54, 1.807) is 0 Å². The molecule has 0 fully saturated rings. The monoisotopic (exact) mass is 227 g/mol. The molecule has 2 nitrogen and oxygen atoms in total. The molecule has 0 heterocycles. The van der Waals surface area contributed by atoms with Crippen molar-refractivity contribution in [1.29, 1.82) is 0 Å². The van der Waals surface area contributed by atoms with Crippen LogP contribution in [0.5, 0.6) is 0 Å². The highest BCUT2D eigenvalue weighted by Gasteiger charge is 2.25. The zero-order chi connectivity index (χ0) is 12.5. The predicted molar refractivity (Wildman–Crippen MR) is 69.5 cm³/mol. The largest absolute Gasteiger partial charge is 0.368 e. The van der Waals surface area contributed by atoms with Crippen LogP contribution < -0.4 is 5.73 Å². The maximum Gasteiger partial charge on any atom is 0.166 e. The molecule has 17 heavy (non-hydrogen) atoms. The molecule has 0 aromatic heterocycles. The average Bonchev–Trinajstić information content (AvgIpc) is 2.30. The van der Waals surface area contributed by atoms with Gasteiger partial charge in [0.1, 0.15) is 0 Å². The minimum atomic E-state index is -1.43. The molecule has 0 radical (unpaired) electrons. The lowest BCUT2D eigenvalue weighted by atomic mass is 9.94. The van der Waals surface area contributed by atoms with Crippen LogP contribution in [-0.4, -0.2) is 5.11 Å². The van der Waals surface area contributed by atoms with Gasteiger partial charge in [0, 0.05) is 11.1 Å². The molecule has 2 aromatic carbocycles. The van der Waals surface area contributed by atoms with Crippen molar-refractivity contribution in [2.24, 2.45) is 5.73 Å². The Labute approximate surface area is 102 Å². The van der Waals surface area contributed by atoms with Crippen LogP contribution in [0.15, 0.2) is 48.5 Å². The molecule has 0 unspecified atom stereocenters. The first kappa shape index (κ1) is 11.8. The Morgan fingerprint density at radius 1 is 0.765 bits per heavy atom. The first-order chi connectivity index (χ1) is 8.00. The van der Waals surface area contributed by atoms with E-state index in [1.165, 1.54) is 0 Å². The van der Waals surface area contributed by atoms with Crippen molar-refractivity contribution >= 4 is 0 Å². The van der Waals surface area contributed by atoms with Crippen molar-refractivity contribution in [3.05, 3.63) is 70.8 Å². The number of nitrogens with two attached hydrogens (primary N) is 1. The number of aryl methyl sites for hydroxylation is 2. The fourth-order valence-corrected chi connectivity index (χ4v) is 1.78. The Bertz CT molecular complexity index is 450. The van der Waals surface area contributed by atoms with E-state index in [2.05, 4.69) is 0 Å². The van der Waals surface area contributed by atoms with E-state index in [4.69, 9.17) is 5.73 Å². The summed E-state index contributed by atoms with van der Waals surface area (Å²) in [7, 11) is 0. The van der Waals surface area contributed by atoms with Crippen molar-refractivity contribution in [2.45, 2.75) is 19.6 Å². The maximum absolute atomic E-state index is 10.4. The summed E-state index contributed by atoms with van der Waals surface area (Å²) in [6, 6.07) is 15.2. The standard InChI is InChI=1S/C15H17NO/c1-11-3-7-13(8-4-11)15(16,17)14-9-5-12(2)6-10-14/h3-10,17H,16H2,1-2H3. The van der Waals surface area contributed by atoms with Gasteiger partial charge in [-0.15, -0.1) is 0 Å². The second-order valence-corrected chi connectivity index (χ2v) is 4.50. The van der Waals surface area contributed by atoms with Gasteiger partial charge >= 0.3 is 0 Å². The fourth-order valence-electron chi connectivity index (χ4n) is 1.78. The summed E-state index contributed by atoms with van der Waals surface area (Å²) >= 11 is 0. The molecule has 0 atom stereocenters. The van der Waals surface area contributed by atoms with Crippen LogP contribution >= 0.6 is 0 Å². The van der Waals surface area contributed by atoms with Crippen LogP contribution in [0.2, 0.25) is 0 Å². The molecule has 3 N–H and O–H groups in total. The molecule has 0 spiro atoms. The second kappa shape index (κ2) is 4.32. The van der Waals surface area contributed by atoms with E-state index in [1.807, 2.05) is 62.4 Å². The van der Waals surface area contributed by atoms with Gasteiger partial charge in [0.15, 0.2) is 5.72 Å². The third-order valence-corrected chi connectivity index (χ3v) is 2.98. The van der Waals surface area contributed by atoms with E-state index in [0.717, 1.165) is 11.1 Å². The SMILES string of the molecule is Cc1ccc(C(N)(O)c2ccc(C)cc2)cc1. The molecule has 88 valence electrons. The number of hydrogen-bond acceptors (Lipinski definition) is 2. The van der Waals surface area contributed by atoms with Gasteiger partial charge in [0.2, 0.25) is 0 Å². The molecular weight excluding hydrogens is 210 g/mol. The van der Waals surface area contributed by atoms with Crippen LogP contribution in [0, 0.1) is 13.8 Å². The summed E-state index contributed by atoms with van der Waals surface area (Å²) in [6.45, 7) is 4.01. The van der Waals surface area contributed by atoms with Crippen LogP contribution in [0.4, 0.5) is 0 Å². The quantitative estimate of drug-likeness (QED) is 0.774. The Morgan fingerprint density at radius 3 is 1.35 bits per heavy atom. The van der Waals surface area contributed by atoms with Crippen molar-refractivity contribution in [3.8, 4) is 0 Å². The summed E-state index contributed by atoms with van der Waals surface area (Å²) in [5, 5.41) is 10.4. The highest BCUT2D eigenvalue weighted by Crippen LogP contribution is 2.24. The number of benzene rings is 2. The van der Waals surface area contributed by atoms with E-state index < -0.39 is 5.72 Å². The van der Waals surface area contributed by atoms with Gasteiger partial charge in [-0.3, -0.25) is 5.73 Å². The van der Waals surface area contributed by atoms with Crippen LogP contribution in [0.25, 0.3) is 0 Å². The molecule has 0 saturated heterocycles. The lowest BCUT2D eigenvalue weighted by molar-refractivity contribution is 0.0884. The van der Waals surface area contributed by atoms with Gasteiger partial charge in [-0.25, -0.2) is 0 Å². The Balaban J connectivity index is 2.41. The summed E-state index contributed by atoms with van der Waals surface area (Å²) < 4.78 is 0. The van der Waals surface area contributed by atoms with E-state index in [0.29, 0.717) is 11.1 Å². The van der Waals surface area contributed by atoms with Crippen LogP contribution in [-0.2, 0) is 5.72 Å². The minimum absolute atomic E-state index is 0.701. The zero-order valence-electron chi connectivity index (χ0n) is 10.1. The Morgan fingerprint density at radius 2 is 1.06 bits per heavy atom. The molecule has 0 saturated carbocycles. The van der Waals surface area contributed by atoms with Gasteiger partial charge in [0.25, 0.3) is 0 Å². The zero-order valence-corrected chi connectivity index (χ0v) is 10.1. The molecular formula is C15H17NO. The molecule has 0 aliphatic carbocycles. The van der Waals surface area contributed by atoms with E-state index >= 15 is 0 Å². The maximum atomic E-state index is 10.4. The first-order valence-electron chi connectivity index (χ1n) is 5.66.